The van der Waals surface area contributed by atoms with Crippen molar-refractivity contribution in [2.75, 3.05) is 19.7 Å². The van der Waals surface area contributed by atoms with Crippen molar-refractivity contribution in [3.63, 3.8) is 0 Å². The van der Waals surface area contributed by atoms with Crippen LogP contribution in [0.1, 0.15) is 39.0 Å². The molecule has 14 heavy (non-hydrogen) atoms. The molecule has 1 atom stereocenters. The molecule has 0 aromatic rings. The van der Waals surface area contributed by atoms with Crippen LogP contribution in [0.25, 0.3) is 0 Å². The van der Waals surface area contributed by atoms with Crippen LogP contribution < -0.4 is 0 Å². The predicted molar refractivity (Wildman–Crippen MR) is 55.9 cm³/mol. The number of likely N-dealkylation sites (tertiary alicyclic amines) is 1. The largest absolute Gasteiger partial charge is 0.396 e. The van der Waals surface area contributed by atoms with E-state index in [2.05, 4.69) is 6.92 Å². The van der Waals surface area contributed by atoms with Crippen LogP contribution >= 0.6 is 0 Å². The maximum Gasteiger partial charge on any atom is 0.222 e. The van der Waals surface area contributed by atoms with Crippen molar-refractivity contribution >= 4 is 5.91 Å². The average molecular weight is 199 g/mol. The molecule has 82 valence electrons. The summed E-state index contributed by atoms with van der Waals surface area (Å²) in [5.74, 6) is 0.831. The fraction of sp³-hybridized carbons (Fsp3) is 0.909. The van der Waals surface area contributed by atoms with Crippen LogP contribution in [0.5, 0.6) is 0 Å². The summed E-state index contributed by atoms with van der Waals surface area (Å²) in [4.78, 5) is 13.6. The lowest BCUT2D eigenvalue weighted by Crippen LogP contribution is -2.28. The van der Waals surface area contributed by atoms with Gasteiger partial charge in [0, 0.05) is 26.1 Å². The summed E-state index contributed by atoms with van der Waals surface area (Å²) < 4.78 is 0. The van der Waals surface area contributed by atoms with E-state index in [1.54, 1.807) is 0 Å². The van der Waals surface area contributed by atoms with Crippen LogP contribution in [0.2, 0.25) is 0 Å². The quantitative estimate of drug-likeness (QED) is 0.727. The molecule has 3 nitrogen and oxygen atoms in total. The summed E-state index contributed by atoms with van der Waals surface area (Å²) in [6.07, 6.45) is 4.69. The minimum atomic E-state index is 0.252. The number of aliphatic hydroxyl groups is 1. The van der Waals surface area contributed by atoms with Crippen LogP contribution in [-0.2, 0) is 4.79 Å². The second-order valence-corrected chi connectivity index (χ2v) is 4.11. The van der Waals surface area contributed by atoms with Gasteiger partial charge >= 0.3 is 0 Å². The first-order valence-electron chi connectivity index (χ1n) is 5.66. The van der Waals surface area contributed by atoms with Crippen LogP contribution in [0.4, 0.5) is 0 Å². The van der Waals surface area contributed by atoms with E-state index in [1.807, 2.05) is 4.90 Å². The molecule has 0 spiro atoms. The van der Waals surface area contributed by atoms with Gasteiger partial charge in [0.2, 0.25) is 5.91 Å². The molecule has 1 heterocycles. The van der Waals surface area contributed by atoms with Gasteiger partial charge in [-0.1, -0.05) is 13.3 Å². The van der Waals surface area contributed by atoms with Gasteiger partial charge in [0.25, 0.3) is 0 Å². The van der Waals surface area contributed by atoms with Crippen molar-refractivity contribution in [1.29, 1.82) is 0 Å². The standard InChI is InChI=1S/C11H21NO2/c1-2-3-4-11(14)12-7-5-10(9-12)6-8-13/h10,13H,2-9H2,1H3. The van der Waals surface area contributed by atoms with Crippen molar-refractivity contribution in [3.05, 3.63) is 0 Å². The minimum absolute atomic E-state index is 0.252. The van der Waals surface area contributed by atoms with Crippen LogP contribution in [0.3, 0.4) is 0 Å². The van der Waals surface area contributed by atoms with Crippen LogP contribution in [0, 0.1) is 5.92 Å². The molecule has 1 aliphatic rings. The first-order chi connectivity index (χ1) is 6.77. The third-order valence-corrected chi connectivity index (χ3v) is 2.92. The summed E-state index contributed by atoms with van der Waals surface area (Å²) >= 11 is 0. The van der Waals surface area contributed by atoms with E-state index in [1.165, 1.54) is 0 Å². The predicted octanol–water partition coefficient (Wildman–Crippen LogP) is 1.41. The van der Waals surface area contributed by atoms with Crippen molar-refractivity contribution in [2.45, 2.75) is 39.0 Å². The Hall–Kier alpha value is -0.570. The molecule has 0 bridgehead atoms. The molecule has 1 amide bonds. The van der Waals surface area contributed by atoms with Crippen molar-refractivity contribution in [3.8, 4) is 0 Å². The van der Waals surface area contributed by atoms with E-state index < -0.39 is 0 Å². The number of rotatable bonds is 5. The van der Waals surface area contributed by atoms with E-state index in [4.69, 9.17) is 5.11 Å². The Morgan fingerprint density at radius 2 is 2.36 bits per heavy atom. The Kier molecular flexibility index (Phi) is 4.94. The van der Waals surface area contributed by atoms with Crippen LogP contribution in [0.15, 0.2) is 0 Å². The van der Waals surface area contributed by atoms with Gasteiger partial charge in [-0.3, -0.25) is 4.79 Å². The topological polar surface area (TPSA) is 40.5 Å². The lowest BCUT2D eigenvalue weighted by atomic mass is 10.1. The summed E-state index contributed by atoms with van der Waals surface area (Å²) in [6.45, 7) is 4.11. The lowest BCUT2D eigenvalue weighted by molar-refractivity contribution is -0.130. The molecule has 1 N–H and O–H groups in total. The molecule has 0 aliphatic carbocycles. The Morgan fingerprint density at radius 3 is 3.00 bits per heavy atom. The molecule has 1 rings (SSSR count). The number of hydrogen-bond donors (Lipinski definition) is 1. The Morgan fingerprint density at radius 1 is 1.57 bits per heavy atom. The number of carbonyl (C=O) groups is 1. The molecule has 3 heteroatoms. The monoisotopic (exact) mass is 199 g/mol. The van der Waals surface area contributed by atoms with Gasteiger partial charge in [0.05, 0.1) is 0 Å². The average Bonchev–Trinajstić information content (AvgIpc) is 2.63. The Bertz CT molecular complexity index is 182. The first-order valence-corrected chi connectivity index (χ1v) is 5.66. The van der Waals surface area contributed by atoms with E-state index in [9.17, 15) is 4.79 Å². The Labute approximate surface area is 86.1 Å². The second kappa shape index (κ2) is 6.02. The number of carbonyl (C=O) groups excluding carboxylic acids is 1. The molecule has 0 radical (unpaired) electrons. The highest BCUT2D eigenvalue weighted by atomic mass is 16.3. The van der Waals surface area contributed by atoms with Gasteiger partial charge in [-0.2, -0.15) is 0 Å². The van der Waals surface area contributed by atoms with E-state index in [-0.39, 0.29) is 6.61 Å². The van der Waals surface area contributed by atoms with Gasteiger partial charge in [-0.25, -0.2) is 0 Å². The molecular weight excluding hydrogens is 178 g/mol. The lowest BCUT2D eigenvalue weighted by Gasteiger charge is -2.16. The SMILES string of the molecule is CCCCC(=O)N1CCC(CCO)C1. The summed E-state index contributed by atoms with van der Waals surface area (Å²) in [7, 11) is 0. The molecule has 1 saturated heterocycles. The van der Waals surface area contributed by atoms with E-state index >= 15 is 0 Å². The number of amides is 1. The van der Waals surface area contributed by atoms with Crippen molar-refractivity contribution in [1.82, 2.24) is 4.90 Å². The molecule has 0 aromatic carbocycles. The summed E-state index contributed by atoms with van der Waals surface area (Å²) in [5, 5.41) is 8.79. The third-order valence-electron chi connectivity index (χ3n) is 2.92. The maximum atomic E-state index is 11.6. The molecular formula is C11H21NO2. The smallest absolute Gasteiger partial charge is 0.222 e. The van der Waals surface area contributed by atoms with Gasteiger partial charge in [-0.15, -0.1) is 0 Å². The zero-order valence-electron chi connectivity index (χ0n) is 9.04. The number of hydrogen-bond acceptors (Lipinski definition) is 2. The molecule has 0 saturated carbocycles. The number of nitrogens with zero attached hydrogens (tertiary/aromatic N) is 1. The minimum Gasteiger partial charge on any atom is -0.396 e. The van der Waals surface area contributed by atoms with Gasteiger partial charge in [0.15, 0.2) is 0 Å². The van der Waals surface area contributed by atoms with E-state index in [0.717, 1.165) is 38.8 Å². The number of unbranched alkanes of at least 4 members (excludes halogenated alkanes) is 1. The zero-order valence-corrected chi connectivity index (χ0v) is 9.04. The van der Waals surface area contributed by atoms with Crippen molar-refractivity contribution in [2.24, 2.45) is 5.92 Å². The Balaban J connectivity index is 2.23. The highest BCUT2D eigenvalue weighted by molar-refractivity contribution is 5.76. The highest BCUT2D eigenvalue weighted by Crippen LogP contribution is 2.20. The van der Waals surface area contributed by atoms with Crippen LogP contribution in [-0.4, -0.2) is 35.6 Å². The zero-order chi connectivity index (χ0) is 10.4. The van der Waals surface area contributed by atoms with Gasteiger partial charge < -0.3 is 10.0 Å². The summed E-state index contributed by atoms with van der Waals surface area (Å²) in [6, 6.07) is 0. The summed E-state index contributed by atoms with van der Waals surface area (Å²) in [5.41, 5.74) is 0. The first kappa shape index (κ1) is 11.5. The molecule has 0 aromatic heterocycles. The van der Waals surface area contributed by atoms with Gasteiger partial charge in [0.1, 0.15) is 0 Å². The fourth-order valence-electron chi connectivity index (χ4n) is 1.96. The van der Waals surface area contributed by atoms with Gasteiger partial charge in [-0.05, 0) is 25.2 Å². The normalized spacial score (nSPS) is 21.6. The molecule has 1 aliphatic heterocycles. The maximum absolute atomic E-state index is 11.6. The fourth-order valence-corrected chi connectivity index (χ4v) is 1.96. The van der Waals surface area contributed by atoms with Crippen molar-refractivity contribution < 1.29 is 9.90 Å². The second-order valence-electron chi connectivity index (χ2n) is 4.11. The van der Waals surface area contributed by atoms with E-state index in [0.29, 0.717) is 18.2 Å². The highest BCUT2D eigenvalue weighted by Gasteiger charge is 2.24. The number of aliphatic hydroxyl groups excluding tert-OH is 1. The third kappa shape index (κ3) is 3.29. The molecule has 1 fully saturated rings. The molecule has 1 unspecified atom stereocenters.